The second-order valence-electron chi connectivity index (χ2n) is 8.18. The van der Waals surface area contributed by atoms with Crippen LogP contribution in [0, 0.1) is 24.2 Å². The Hall–Kier alpha value is -4.08. The normalized spacial score (nSPS) is 21.3. The summed E-state index contributed by atoms with van der Waals surface area (Å²) in [5, 5.41) is 9.29. The predicted octanol–water partition coefficient (Wildman–Crippen LogP) is 1.42. The van der Waals surface area contributed by atoms with Crippen LogP contribution in [0.3, 0.4) is 0 Å². The highest BCUT2D eigenvalue weighted by molar-refractivity contribution is 6.13. The summed E-state index contributed by atoms with van der Waals surface area (Å²) in [6.07, 6.45) is 3.25. The summed E-state index contributed by atoms with van der Waals surface area (Å²) in [7, 11) is 0. The van der Waals surface area contributed by atoms with Crippen molar-refractivity contribution in [2.75, 3.05) is 5.73 Å². The topological polar surface area (TPSA) is 153 Å². The monoisotopic (exact) mass is 448 g/mol. The van der Waals surface area contributed by atoms with Crippen molar-refractivity contribution in [3.63, 3.8) is 0 Å². The smallest absolute Gasteiger partial charge is 0.225 e. The molecule has 1 aliphatic rings. The lowest BCUT2D eigenvalue weighted by atomic mass is 9.91. The van der Waals surface area contributed by atoms with Gasteiger partial charge in [0.1, 0.15) is 0 Å². The number of rotatable bonds is 8. The molecule has 0 saturated heterocycles. The van der Waals surface area contributed by atoms with E-state index in [-0.39, 0.29) is 30.3 Å². The average molecular weight is 448 g/mol. The largest absolute Gasteiger partial charge is 0.398 e. The molecule has 33 heavy (non-hydrogen) atoms. The van der Waals surface area contributed by atoms with Crippen molar-refractivity contribution in [1.82, 2.24) is 25.8 Å². The highest BCUT2D eigenvalue weighted by Gasteiger charge is 2.72. The molecule has 2 heterocycles. The third-order valence-corrected chi connectivity index (χ3v) is 5.98. The number of aryl methyl sites for hydroxylation is 1. The number of nitrogen functional groups attached to an aromatic ring is 1. The molecule has 1 fully saturated rings. The number of benzene rings is 1. The summed E-state index contributed by atoms with van der Waals surface area (Å²) in [5.74, 6) is -2.20. The Kier molecular flexibility index (Phi) is 5.91. The zero-order valence-electron chi connectivity index (χ0n) is 18.2. The van der Waals surface area contributed by atoms with Crippen molar-refractivity contribution in [1.29, 1.82) is 0 Å². The lowest BCUT2D eigenvalue weighted by Gasteiger charge is -2.13. The number of carbonyl (C=O) groups excluding carboxylic acids is 3. The molecule has 1 aliphatic carbocycles. The SMILES string of the molecule is Cc1nc(CNC(=O)[C@H]2[C@@H](C(=O)NCc3ccncc3)[C@@]2(C)C(=O)c2ccccc2N)no1. The van der Waals surface area contributed by atoms with Gasteiger partial charge in [0.2, 0.25) is 17.7 Å². The molecule has 3 aromatic rings. The van der Waals surface area contributed by atoms with Crippen LogP contribution in [0.1, 0.15) is 34.6 Å². The molecule has 1 saturated carbocycles. The lowest BCUT2D eigenvalue weighted by Crippen LogP contribution is -2.30. The molecule has 4 rings (SSSR count). The van der Waals surface area contributed by atoms with Gasteiger partial charge < -0.3 is 20.9 Å². The van der Waals surface area contributed by atoms with E-state index in [9.17, 15) is 14.4 Å². The van der Waals surface area contributed by atoms with Gasteiger partial charge in [0.25, 0.3) is 0 Å². The minimum Gasteiger partial charge on any atom is -0.398 e. The Morgan fingerprint density at radius 2 is 1.67 bits per heavy atom. The molecule has 170 valence electrons. The van der Waals surface area contributed by atoms with Gasteiger partial charge >= 0.3 is 0 Å². The molecule has 0 aliphatic heterocycles. The van der Waals surface area contributed by atoms with Gasteiger partial charge in [0.15, 0.2) is 11.6 Å². The van der Waals surface area contributed by atoms with Gasteiger partial charge in [0, 0.05) is 37.1 Å². The molecule has 2 aromatic heterocycles. The maximum atomic E-state index is 13.4. The molecular formula is C23H24N6O4. The van der Waals surface area contributed by atoms with Gasteiger partial charge in [-0.2, -0.15) is 4.98 Å². The van der Waals surface area contributed by atoms with Crippen LogP contribution >= 0.6 is 0 Å². The molecule has 10 nitrogen and oxygen atoms in total. The quantitative estimate of drug-likeness (QED) is 0.345. The fourth-order valence-corrected chi connectivity index (χ4v) is 4.13. The van der Waals surface area contributed by atoms with Crippen molar-refractivity contribution in [3.8, 4) is 0 Å². The summed E-state index contributed by atoms with van der Waals surface area (Å²) >= 11 is 0. The Morgan fingerprint density at radius 1 is 1.03 bits per heavy atom. The van der Waals surface area contributed by atoms with E-state index < -0.39 is 23.2 Å². The van der Waals surface area contributed by atoms with Crippen LogP contribution < -0.4 is 16.4 Å². The molecule has 10 heteroatoms. The van der Waals surface area contributed by atoms with Gasteiger partial charge in [0.05, 0.1) is 23.8 Å². The van der Waals surface area contributed by atoms with Crippen LogP contribution in [-0.4, -0.2) is 32.7 Å². The average Bonchev–Trinajstić information content (AvgIpc) is 3.25. The molecule has 0 bridgehead atoms. The van der Waals surface area contributed by atoms with E-state index in [1.54, 1.807) is 62.6 Å². The number of aromatic nitrogens is 3. The molecule has 0 radical (unpaired) electrons. The van der Waals surface area contributed by atoms with Crippen molar-refractivity contribution in [2.24, 2.45) is 17.3 Å². The molecule has 3 atom stereocenters. The zero-order chi connectivity index (χ0) is 23.6. The molecule has 0 spiro atoms. The lowest BCUT2D eigenvalue weighted by molar-refractivity contribution is -0.127. The minimum atomic E-state index is -1.24. The molecule has 2 amide bonds. The zero-order valence-corrected chi connectivity index (χ0v) is 18.2. The van der Waals surface area contributed by atoms with E-state index in [1.807, 2.05) is 0 Å². The van der Waals surface area contributed by atoms with Gasteiger partial charge in [-0.1, -0.05) is 24.2 Å². The third kappa shape index (κ3) is 4.32. The summed E-state index contributed by atoms with van der Waals surface area (Å²) in [6.45, 7) is 3.55. The van der Waals surface area contributed by atoms with Crippen LogP contribution in [0.15, 0.2) is 53.3 Å². The molecule has 4 N–H and O–H groups in total. The molecule has 0 unspecified atom stereocenters. The van der Waals surface area contributed by atoms with Gasteiger partial charge in [-0.25, -0.2) is 0 Å². The van der Waals surface area contributed by atoms with Crippen LogP contribution in [-0.2, 0) is 22.7 Å². The first-order valence-electron chi connectivity index (χ1n) is 10.4. The number of amides is 2. The Bertz CT molecular complexity index is 1190. The number of nitrogens with two attached hydrogens (primary N) is 1. The van der Waals surface area contributed by atoms with E-state index in [4.69, 9.17) is 10.3 Å². The first-order valence-corrected chi connectivity index (χ1v) is 10.4. The second-order valence-corrected chi connectivity index (χ2v) is 8.18. The van der Waals surface area contributed by atoms with E-state index in [0.29, 0.717) is 17.4 Å². The van der Waals surface area contributed by atoms with E-state index >= 15 is 0 Å². The standard InChI is InChI=1S/C23H24N6O4/c1-13-28-17(29-33-13)12-27-22(32)19-18(21(31)26-11-14-7-9-25-10-8-14)23(19,2)20(30)15-5-3-4-6-16(15)24/h3-10,18-19H,11-12,24H2,1-2H3,(H,26,31)(H,27,32)/t18-,19+,23+/m0/s1. The fraction of sp³-hybridized carbons (Fsp3) is 0.304. The van der Waals surface area contributed by atoms with Crippen molar-refractivity contribution >= 4 is 23.3 Å². The number of Topliss-reactive ketones (excluding diaryl/α,β-unsaturated/α-hetero) is 1. The number of hydrogen-bond acceptors (Lipinski definition) is 8. The number of nitrogens with zero attached hydrogens (tertiary/aromatic N) is 3. The molecule has 1 aromatic carbocycles. The Morgan fingerprint density at radius 3 is 2.27 bits per heavy atom. The summed E-state index contributed by atoms with van der Waals surface area (Å²) in [6, 6.07) is 10.2. The van der Waals surface area contributed by atoms with E-state index in [2.05, 4.69) is 25.8 Å². The Labute approximate surface area is 190 Å². The van der Waals surface area contributed by atoms with Gasteiger partial charge in [-0.3, -0.25) is 19.4 Å². The summed E-state index contributed by atoms with van der Waals surface area (Å²) in [5.41, 5.74) is 6.21. The fourth-order valence-electron chi connectivity index (χ4n) is 4.13. The Balaban J connectivity index is 1.54. The van der Waals surface area contributed by atoms with Crippen LogP contribution in [0.4, 0.5) is 5.69 Å². The number of anilines is 1. The van der Waals surface area contributed by atoms with Gasteiger partial charge in [-0.05, 0) is 29.8 Å². The van der Waals surface area contributed by atoms with E-state index in [0.717, 1.165) is 5.56 Å². The third-order valence-electron chi connectivity index (χ3n) is 5.98. The second kappa shape index (κ2) is 8.81. The summed E-state index contributed by atoms with van der Waals surface area (Å²) in [4.78, 5) is 47.6. The number of nitrogens with one attached hydrogen (secondary N) is 2. The van der Waals surface area contributed by atoms with Crippen LogP contribution in [0.5, 0.6) is 0 Å². The van der Waals surface area contributed by atoms with Crippen molar-refractivity contribution < 1.29 is 18.9 Å². The van der Waals surface area contributed by atoms with Gasteiger partial charge in [-0.15, -0.1) is 0 Å². The maximum Gasteiger partial charge on any atom is 0.225 e. The van der Waals surface area contributed by atoms with Crippen molar-refractivity contribution in [3.05, 3.63) is 71.6 Å². The first-order chi connectivity index (χ1) is 15.8. The highest BCUT2D eigenvalue weighted by Crippen LogP contribution is 2.60. The van der Waals surface area contributed by atoms with Crippen molar-refractivity contribution in [2.45, 2.75) is 26.9 Å². The summed E-state index contributed by atoms with van der Waals surface area (Å²) < 4.78 is 4.91. The number of carbonyl (C=O) groups is 3. The van der Waals surface area contributed by atoms with Crippen LogP contribution in [0.2, 0.25) is 0 Å². The first kappa shape index (κ1) is 22.1. The predicted molar refractivity (Wildman–Crippen MR) is 117 cm³/mol. The minimum absolute atomic E-state index is 0.0236. The van der Waals surface area contributed by atoms with E-state index in [1.165, 1.54) is 0 Å². The molecular weight excluding hydrogens is 424 g/mol. The number of para-hydroxylation sites is 1. The number of pyridine rings is 1. The highest BCUT2D eigenvalue weighted by atomic mass is 16.5. The number of ketones is 1. The number of hydrogen-bond donors (Lipinski definition) is 3. The maximum absolute atomic E-state index is 13.4. The van der Waals surface area contributed by atoms with Crippen LogP contribution in [0.25, 0.3) is 0 Å².